The first-order valence-electron chi connectivity index (χ1n) is 9.46. The number of likely N-dealkylation sites (tertiary alicyclic amines) is 1. The van der Waals surface area contributed by atoms with E-state index in [0.717, 1.165) is 49.9 Å². The zero-order chi connectivity index (χ0) is 18.1. The summed E-state index contributed by atoms with van der Waals surface area (Å²) in [6, 6.07) is 10.9. The molecule has 0 spiro atoms. The minimum Gasteiger partial charge on any atom is -0.379 e. The van der Waals surface area contributed by atoms with E-state index in [1.807, 2.05) is 12.2 Å². The fourth-order valence-electron chi connectivity index (χ4n) is 4.43. The number of allylic oxidation sites excluding steroid dienone is 2. The van der Waals surface area contributed by atoms with Crippen molar-refractivity contribution in [1.29, 1.82) is 0 Å². The molecule has 1 aromatic carbocycles. The second-order valence-corrected chi connectivity index (χ2v) is 8.12. The maximum Gasteiger partial charge on any atom is 0.152 e. The third-order valence-electron chi connectivity index (χ3n) is 5.80. The second kappa shape index (κ2) is 7.05. The van der Waals surface area contributed by atoms with Gasteiger partial charge in [0, 0.05) is 36.0 Å². The molecule has 1 aliphatic carbocycles. The monoisotopic (exact) mass is 368 g/mol. The zero-order valence-electron chi connectivity index (χ0n) is 15.1. The molecule has 0 saturated carbocycles. The maximum absolute atomic E-state index is 11.7. The fraction of sp³-hybridized carbons (Fsp3) is 0.409. The van der Waals surface area contributed by atoms with Crippen LogP contribution in [0.5, 0.6) is 0 Å². The van der Waals surface area contributed by atoms with E-state index in [1.54, 1.807) is 0 Å². The Hall–Kier alpha value is -1.84. The number of nitrogens with one attached hydrogen (secondary N) is 1. The number of halogens is 1. The van der Waals surface area contributed by atoms with Gasteiger partial charge in [-0.15, -0.1) is 0 Å². The molecule has 0 radical (unpaired) electrons. The highest BCUT2D eigenvalue weighted by molar-refractivity contribution is 6.30. The second-order valence-electron chi connectivity index (χ2n) is 7.58. The van der Waals surface area contributed by atoms with Gasteiger partial charge in [0.15, 0.2) is 5.00 Å². The van der Waals surface area contributed by atoms with Crippen LogP contribution in [0.3, 0.4) is 0 Å². The van der Waals surface area contributed by atoms with Gasteiger partial charge in [-0.25, -0.2) is 0 Å². The Bertz CT molecular complexity index is 775. The summed E-state index contributed by atoms with van der Waals surface area (Å²) in [5, 5.41) is 3.43. The van der Waals surface area contributed by atoms with Crippen molar-refractivity contribution >= 4 is 17.9 Å². The SMILES string of the molecule is CC1C=C2C(=CC=C(C=O)C2(Cl)N2CCC(Cc3ccccc3)CC2)N1. The van der Waals surface area contributed by atoms with E-state index in [9.17, 15) is 4.79 Å². The fourth-order valence-corrected chi connectivity index (χ4v) is 4.87. The van der Waals surface area contributed by atoms with Gasteiger partial charge in [0.25, 0.3) is 0 Å². The average molecular weight is 369 g/mol. The summed E-state index contributed by atoms with van der Waals surface area (Å²) in [6.07, 6.45) is 10.2. The van der Waals surface area contributed by atoms with Gasteiger partial charge in [-0.2, -0.15) is 0 Å². The molecule has 2 aliphatic heterocycles. The van der Waals surface area contributed by atoms with Crippen molar-refractivity contribution in [3.63, 3.8) is 0 Å². The molecule has 4 heteroatoms. The van der Waals surface area contributed by atoms with Crippen molar-refractivity contribution in [2.75, 3.05) is 13.1 Å². The number of aldehydes is 1. The summed E-state index contributed by atoms with van der Waals surface area (Å²) in [4.78, 5) is 13.2. The number of carbonyl (C=O) groups is 1. The Morgan fingerprint density at radius 3 is 2.65 bits per heavy atom. The molecule has 1 fully saturated rings. The molecule has 4 rings (SSSR count). The van der Waals surface area contributed by atoms with E-state index in [4.69, 9.17) is 11.6 Å². The van der Waals surface area contributed by atoms with Gasteiger partial charge in [0.1, 0.15) is 6.29 Å². The summed E-state index contributed by atoms with van der Waals surface area (Å²) >= 11 is 7.17. The van der Waals surface area contributed by atoms with Crippen LogP contribution in [0.2, 0.25) is 0 Å². The van der Waals surface area contributed by atoms with Gasteiger partial charge in [-0.3, -0.25) is 9.69 Å². The highest BCUT2D eigenvalue weighted by atomic mass is 35.5. The molecule has 26 heavy (non-hydrogen) atoms. The quantitative estimate of drug-likeness (QED) is 0.498. The molecule has 0 bridgehead atoms. The molecule has 2 unspecified atom stereocenters. The molecular formula is C22H25ClN2O. The topological polar surface area (TPSA) is 32.3 Å². The van der Waals surface area contributed by atoms with E-state index in [2.05, 4.69) is 53.5 Å². The van der Waals surface area contributed by atoms with E-state index < -0.39 is 5.00 Å². The van der Waals surface area contributed by atoms with Gasteiger partial charge in [0.05, 0.1) is 0 Å². The van der Waals surface area contributed by atoms with Crippen LogP contribution in [0, 0.1) is 5.92 Å². The zero-order valence-corrected chi connectivity index (χ0v) is 15.9. The molecule has 2 heterocycles. The van der Waals surface area contributed by atoms with Crippen molar-refractivity contribution < 1.29 is 4.79 Å². The van der Waals surface area contributed by atoms with Crippen molar-refractivity contribution in [3.8, 4) is 0 Å². The highest BCUT2D eigenvalue weighted by Gasteiger charge is 2.47. The summed E-state index contributed by atoms with van der Waals surface area (Å²) in [7, 11) is 0. The number of hydrogen-bond acceptors (Lipinski definition) is 3. The van der Waals surface area contributed by atoms with E-state index in [-0.39, 0.29) is 6.04 Å². The van der Waals surface area contributed by atoms with Crippen LogP contribution in [-0.2, 0) is 11.2 Å². The van der Waals surface area contributed by atoms with Crippen molar-refractivity contribution in [2.24, 2.45) is 5.92 Å². The Labute approximate surface area is 160 Å². The Balaban J connectivity index is 1.51. The van der Waals surface area contributed by atoms with Gasteiger partial charge in [-0.05, 0) is 43.7 Å². The van der Waals surface area contributed by atoms with E-state index in [1.165, 1.54) is 5.56 Å². The van der Waals surface area contributed by atoms with Crippen LogP contribution in [0.4, 0.5) is 0 Å². The number of benzene rings is 1. The van der Waals surface area contributed by atoms with Crippen LogP contribution in [0.1, 0.15) is 25.3 Å². The molecule has 3 nitrogen and oxygen atoms in total. The first kappa shape index (κ1) is 17.6. The molecule has 0 amide bonds. The molecular weight excluding hydrogens is 344 g/mol. The molecule has 1 N–H and O–H groups in total. The van der Waals surface area contributed by atoms with Crippen LogP contribution in [0.15, 0.2) is 65.4 Å². The predicted molar refractivity (Wildman–Crippen MR) is 106 cm³/mol. The lowest BCUT2D eigenvalue weighted by Gasteiger charge is -2.45. The number of piperidine rings is 1. The first-order chi connectivity index (χ1) is 12.6. The number of rotatable bonds is 4. The van der Waals surface area contributed by atoms with Crippen molar-refractivity contribution in [1.82, 2.24) is 10.2 Å². The number of alkyl halides is 1. The summed E-state index contributed by atoms with van der Waals surface area (Å²) in [5.74, 6) is 0.672. The number of hydrogen-bond donors (Lipinski definition) is 1. The van der Waals surface area contributed by atoms with Gasteiger partial charge >= 0.3 is 0 Å². The largest absolute Gasteiger partial charge is 0.379 e. The lowest BCUT2D eigenvalue weighted by Crippen LogP contribution is -2.52. The number of fused-ring (bicyclic) bond motifs is 1. The van der Waals surface area contributed by atoms with Gasteiger partial charge in [0.2, 0.25) is 0 Å². The van der Waals surface area contributed by atoms with E-state index >= 15 is 0 Å². The van der Waals surface area contributed by atoms with Gasteiger partial charge in [-0.1, -0.05) is 54.1 Å². The summed E-state index contributed by atoms with van der Waals surface area (Å²) in [6.45, 7) is 3.92. The highest BCUT2D eigenvalue weighted by Crippen LogP contribution is 2.45. The standard InChI is InChI=1S/C22H25ClN2O/c1-16-13-20-21(24-16)8-7-19(15-26)22(20,23)25-11-9-18(10-12-25)14-17-5-3-2-4-6-17/h2-8,13,15-16,18,24H,9-12,14H2,1H3. The Kier molecular flexibility index (Phi) is 4.76. The van der Waals surface area contributed by atoms with Crippen LogP contribution < -0.4 is 5.32 Å². The smallest absolute Gasteiger partial charge is 0.152 e. The molecule has 1 saturated heterocycles. The van der Waals surface area contributed by atoms with Crippen molar-refractivity contribution in [3.05, 3.63) is 71.0 Å². The summed E-state index contributed by atoms with van der Waals surface area (Å²) in [5.41, 5.74) is 4.13. The third-order valence-corrected chi connectivity index (χ3v) is 6.46. The third kappa shape index (κ3) is 3.04. The Morgan fingerprint density at radius 2 is 1.96 bits per heavy atom. The Morgan fingerprint density at radius 1 is 1.23 bits per heavy atom. The summed E-state index contributed by atoms with van der Waals surface area (Å²) < 4.78 is 0. The van der Waals surface area contributed by atoms with Crippen LogP contribution in [0.25, 0.3) is 0 Å². The maximum atomic E-state index is 11.7. The molecule has 1 aromatic rings. The minimum atomic E-state index is -0.832. The van der Waals surface area contributed by atoms with E-state index in [0.29, 0.717) is 11.5 Å². The lowest BCUT2D eigenvalue weighted by molar-refractivity contribution is -0.105. The molecule has 3 aliphatic rings. The molecule has 136 valence electrons. The minimum absolute atomic E-state index is 0.240. The number of carbonyl (C=O) groups excluding carboxylic acids is 1. The lowest BCUT2D eigenvalue weighted by atomic mass is 9.85. The average Bonchev–Trinajstić information content (AvgIpc) is 3.05. The van der Waals surface area contributed by atoms with Crippen LogP contribution in [-0.4, -0.2) is 35.3 Å². The molecule has 2 atom stereocenters. The molecule has 0 aromatic heterocycles. The van der Waals surface area contributed by atoms with Crippen LogP contribution >= 0.6 is 11.6 Å². The predicted octanol–water partition coefficient (Wildman–Crippen LogP) is 3.82. The van der Waals surface area contributed by atoms with Crippen molar-refractivity contribution in [2.45, 2.75) is 37.2 Å². The first-order valence-corrected chi connectivity index (χ1v) is 9.84. The van der Waals surface area contributed by atoms with Gasteiger partial charge < -0.3 is 5.32 Å². The number of nitrogens with zero attached hydrogens (tertiary/aromatic N) is 1. The normalized spacial score (nSPS) is 29.3.